The van der Waals surface area contributed by atoms with Crippen molar-refractivity contribution in [1.29, 1.82) is 0 Å². The average Bonchev–Trinajstić information content (AvgIpc) is 3.31. The van der Waals surface area contributed by atoms with Crippen molar-refractivity contribution in [3.63, 3.8) is 0 Å². The molecule has 1 aliphatic rings. The lowest BCUT2D eigenvalue weighted by Crippen LogP contribution is -2.34. The Morgan fingerprint density at radius 1 is 1.38 bits per heavy atom. The summed E-state index contributed by atoms with van der Waals surface area (Å²) >= 11 is 1.60. The van der Waals surface area contributed by atoms with Crippen molar-refractivity contribution in [1.82, 2.24) is 25.1 Å². The minimum atomic E-state index is 0.0689. The van der Waals surface area contributed by atoms with Gasteiger partial charge in [0.1, 0.15) is 5.82 Å². The van der Waals surface area contributed by atoms with Crippen molar-refractivity contribution in [3.8, 4) is 10.8 Å². The van der Waals surface area contributed by atoms with Gasteiger partial charge in [-0.1, -0.05) is 13.0 Å². The first-order valence-electron chi connectivity index (χ1n) is 8.19. The quantitative estimate of drug-likeness (QED) is 0.725. The Morgan fingerprint density at radius 2 is 2.29 bits per heavy atom. The number of rotatable bonds is 4. The van der Waals surface area contributed by atoms with E-state index in [1.165, 1.54) is 5.56 Å². The Kier molecular flexibility index (Phi) is 4.12. The summed E-state index contributed by atoms with van der Waals surface area (Å²) in [5.74, 6) is 2.16. The molecule has 24 heavy (non-hydrogen) atoms. The number of hydrogen-bond donors (Lipinski definition) is 0. The van der Waals surface area contributed by atoms with Crippen LogP contribution in [0.5, 0.6) is 0 Å². The van der Waals surface area contributed by atoms with Gasteiger partial charge < -0.3 is 4.42 Å². The Balaban J connectivity index is 1.54. The van der Waals surface area contributed by atoms with Gasteiger partial charge in [0.15, 0.2) is 0 Å². The second kappa shape index (κ2) is 6.41. The third-order valence-corrected chi connectivity index (χ3v) is 5.28. The maximum absolute atomic E-state index is 5.89. The number of fused-ring (bicyclic) bond motifs is 1. The van der Waals surface area contributed by atoms with Gasteiger partial charge >= 0.3 is 0 Å². The first-order chi connectivity index (χ1) is 11.7. The van der Waals surface area contributed by atoms with Crippen LogP contribution in [0.15, 0.2) is 28.1 Å². The van der Waals surface area contributed by atoms with Crippen LogP contribution < -0.4 is 0 Å². The monoisotopic (exact) mass is 341 g/mol. The number of nitrogens with zero attached hydrogens (tertiary/aromatic N) is 5. The molecule has 6 nitrogen and oxygen atoms in total. The summed E-state index contributed by atoms with van der Waals surface area (Å²) in [7, 11) is 0. The van der Waals surface area contributed by atoms with Crippen molar-refractivity contribution < 1.29 is 4.42 Å². The fraction of sp³-hybridized carbons (Fsp3) is 0.412. The Labute approximate surface area is 144 Å². The molecule has 0 spiro atoms. The predicted octanol–water partition coefficient (Wildman–Crippen LogP) is 3.27. The van der Waals surface area contributed by atoms with Crippen LogP contribution in [-0.2, 0) is 19.4 Å². The summed E-state index contributed by atoms with van der Waals surface area (Å²) < 4.78 is 5.89. The van der Waals surface area contributed by atoms with Crippen LogP contribution in [0.2, 0.25) is 0 Å². The molecular weight excluding hydrogens is 322 g/mol. The van der Waals surface area contributed by atoms with E-state index in [0.717, 1.165) is 42.3 Å². The summed E-state index contributed by atoms with van der Waals surface area (Å²) in [6, 6.07) is 4.05. The van der Waals surface area contributed by atoms with Crippen LogP contribution >= 0.6 is 11.3 Å². The van der Waals surface area contributed by atoms with E-state index in [2.05, 4.69) is 38.9 Å². The van der Waals surface area contributed by atoms with Crippen LogP contribution in [0, 0.1) is 0 Å². The lowest BCUT2D eigenvalue weighted by Gasteiger charge is -2.31. The molecule has 0 radical (unpaired) electrons. The normalized spacial score (nSPS) is 16.1. The minimum Gasteiger partial charge on any atom is -0.418 e. The molecule has 1 atom stereocenters. The van der Waals surface area contributed by atoms with Crippen LogP contribution in [0.4, 0.5) is 0 Å². The molecule has 7 heteroatoms. The first-order valence-corrected chi connectivity index (χ1v) is 9.07. The molecule has 3 aromatic heterocycles. The van der Waals surface area contributed by atoms with Crippen molar-refractivity contribution in [2.24, 2.45) is 0 Å². The van der Waals surface area contributed by atoms with E-state index in [0.29, 0.717) is 11.8 Å². The molecule has 1 unspecified atom stereocenters. The van der Waals surface area contributed by atoms with Gasteiger partial charge in [0, 0.05) is 25.7 Å². The predicted molar refractivity (Wildman–Crippen MR) is 91.6 cm³/mol. The summed E-state index contributed by atoms with van der Waals surface area (Å²) in [6.45, 7) is 5.93. The molecule has 1 aliphatic heterocycles. The highest BCUT2D eigenvalue weighted by Gasteiger charge is 2.26. The molecule has 0 bridgehead atoms. The van der Waals surface area contributed by atoms with E-state index < -0.39 is 0 Å². The highest BCUT2D eigenvalue weighted by atomic mass is 32.1. The van der Waals surface area contributed by atoms with Gasteiger partial charge in [0.2, 0.25) is 5.89 Å². The number of thiophene rings is 1. The van der Waals surface area contributed by atoms with E-state index in [1.807, 2.05) is 23.7 Å². The molecule has 0 aromatic carbocycles. The Bertz CT molecular complexity index is 829. The lowest BCUT2D eigenvalue weighted by molar-refractivity contribution is 0.164. The van der Waals surface area contributed by atoms with E-state index >= 15 is 0 Å². The summed E-state index contributed by atoms with van der Waals surface area (Å²) in [5.41, 5.74) is 2.37. The smallest absolute Gasteiger partial charge is 0.257 e. The second-order valence-electron chi connectivity index (χ2n) is 5.93. The largest absolute Gasteiger partial charge is 0.418 e. The molecule has 3 aromatic rings. The van der Waals surface area contributed by atoms with Crippen LogP contribution in [0.1, 0.15) is 42.9 Å². The fourth-order valence-electron chi connectivity index (χ4n) is 2.92. The fourth-order valence-corrected chi connectivity index (χ4v) is 3.57. The standard InChI is InChI=1S/C17H19N5OS/c1-3-15-18-9-12-6-7-22(10-13(12)19-15)11(2)16-20-21-17(23-16)14-5-4-8-24-14/h4-5,8-9,11H,3,6-7,10H2,1-2H3. The molecule has 0 amide bonds. The molecule has 4 heterocycles. The van der Waals surface area contributed by atoms with Crippen molar-refractivity contribution >= 4 is 11.3 Å². The van der Waals surface area contributed by atoms with Crippen molar-refractivity contribution in [3.05, 3.63) is 46.7 Å². The number of aryl methyl sites for hydroxylation is 1. The molecule has 0 saturated carbocycles. The molecule has 0 N–H and O–H groups in total. The third-order valence-electron chi connectivity index (χ3n) is 4.42. The molecular formula is C17H19N5OS. The van der Waals surface area contributed by atoms with Gasteiger partial charge in [-0.2, -0.15) is 0 Å². The zero-order valence-corrected chi connectivity index (χ0v) is 14.6. The van der Waals surface area contributed by atoms with Gasteiger partial charge in [-0.25, -0.2) is 9.97 Å². The minimum absolute atomic E-state index is 0.0689. The molecule has 0 saturated heterocycles. The van der Waals surface area contributed by atoms with Crippen molar-refractivity contribution in [2.45, 2.75) is 39.3 Å². The first kappa shape index (κ1) is 15.4. The van der Waals surface area contributed by atoms with Crippen LogP contribution in [0.25, 0.3) is 10.8 Å². The number of hydrogen-bond acceptors (Lipinski definition) is 7. The average molecular weight is 341 g/mol. The highest BCUT2D eigenvalue weighted by molar-refractivity contribution is 7.13. The molecule has 124 valence electrons. The summed E-state index contributed by atoms with van der Waals surface area (Å²) in [6.07, 6.45) is 3.79. The second-order valence-corrected chi connectivity index (χ2v) is 6.88. The van der Waals surface area contributed by atoms with Gasteiger partial charge in [0.05, 0.1) is 16.6 Å². The molecule has 0 fully saturated rings. The van der Waals surface area contributed by atoms with Gasteiger partial charge in [0.25, 0.3) is 5.89 Å². The topological polar surface area (TPSA) is 67.9 Å². The van der Waals surface area contributed by atoms with E-state index in [-0.39, 0.29) is 6.04 Å². The van der Waals surface area contributed by atoms with E-state index in [1.54, 1.807) is 11.3 Å². The van der Waals surface area contributed by atoms with Crippen molar-refractivity contribution in [2.75, 3.05) is 6.54 Å². The third kappa shape index (κ3) is 2.85. The molecule has 0 aliphatic carbocycles. The highest BCUT2D eigenvalue weighted by Crippen LogP contribution is 2.29. The maximum Gasteiger partial charge on any atom is 0.257 e. The summed E-state index contributed by atoms with van der Waals surface area (Å²) in [5, 5.41) is 10.4. The lowest BCUT2D eigenvalue weighted by atomic mass is 10.1. The van der Waals surface area contributed by atoms with Crippen LogP contribution in [-0.4, -0.2) is 31.6 Å². The van der Waals surface area contributed by atoms with Gasteiger partial charge in [-0.05, 0) is 30.4 Å². The number of aromatic nitrogens is 4. The van der Waals surface area contributed by atoms with E-state index in [4.69, 9.17) is 4.42 Å². The Hall–Kier alpha value is -2.12. The summed E-state index contributed by atoms with van der Waals surface area (Å²) in [4.78, 5) is 12.4. The maximum atomic E-state index is 5.89. The zero-order valence-electron chi connectivity index (χ0n) is 13.8. The van der Waals surface area contributed by atoms with Gasteiger partial charge in [-0.15, -0.1) is 21.5 Å². The Morgan fingerprint density at radius 3 is 3.08 bits per heavy atom. The molecule has 4 rings (SSSR count). The van der Waals surface area contributed by atoms with E-state index in [9.17, 15) is 0 Å². The zero-order chi connectivity index (χ0) is 16.5. The SMILES string of the molecule is CCc1ncc2c(n1)CN(C(C)c1nnc(-c3cccs3)o1)CC2. The van der Waals surface area contributed by atoms with Gasteiger partial charge in [-0.3, -0.25) is 4.90 Å². The van der Waals surface area contributed by atoms with Crippen LogP contribution in [0.3, 0.4) is 0 Å².